The number of nitrogens with two attached hydrogens (primary N) is 1. The minimum absolute atomic E-state index is 0.207. The summed E-state index contributed by atoms with van der Waals surface area (Å²) in [6.07, 6.45) is 1.39. The molecule has 8 heteroatoms. The summed E-state index contributed by atoms with van der Waals surface area (Å²) in [6.45, 7) is 1.80. The number of rotatable bonds is 7. The van der Waals surface area contributed by atoms with Gasteiger partial charge in [-0.3, -0.25) is 0 Å². The molecule has 3 N–H and O–H groups in total. The maximum Gasteiger partial charge on any atom is 0.344 e. The van der Waals surface area contributed by atoms with Gasteiger partial charge in [-0.2, -0.15) is 5.10 Å². The van der Waals surface area contributed by atoms with Crippen LogP contribution in [0.5, 0.6) is 11.5 Å². The maximum absolute atomic E-state index is 11.2. The van der Waals surface area contributed by atoms with E-state index in [-0.39, 0.29) is 6.61 Å². The third kappa shape index (κ3) is 5.81. The summed E-state index contributed by atoms with van der Waals surface area (Å²) in [5, 5.41) is 3.62. The minimum atomic E-state index is -0.757. The highest BCUT2D eigenvalue weighted by Crippen LogP contribution is 2.27. The van der Waals surface area contributed by atoms with Gasteiger partial charge in [-0.1, -0.05) is 0 Å². The molecular formula is C13H17N3O5. The lowest BCUT2D eigenvalue weighted by Crippen LogP contribution is -2.24. The van der Waals surface area contributed by atoms with Crippen LogP contribution in [-0.4, -0.2) is 38.5 Å². The molecule has 114 valence electrons. The molecule has 1 aromatic rings. The Labute approximate surface area is 121 Å². The molecule has 0 atom stereocenters. The van der Waals surface area contributed by atoms with Gasteiger partial charge in [0.15, 0.2) is 18.1 Å². The highest BCUT2D eigenvalue weighted by molar-refractivity contribution is 5.82. The largest absolute Gasteiger partial charge is 0.493 e. The molecule has 8 nitrogen and oxygen atoms in total. The fraction of sp³-hybridized carbons (Fsp3) is 0.308. The molecule has 0 aliphatic carbocycles. The first-order chi connectivity index (χ1) is 10.1. The van der Waals surface area contributed by atoms with Gasteiger partial charge in [-0.25, -0.2) is 15.0 Å². The summed E-state index contributed by atoms with van der Waals surface area (Å²) in [7, 11) is 1.47. The number of nitrogens with one attached hydrogen (secondary N) is 1. The molecule has 0 unspecified atom stereocenters. The fourth-order valence-corrected chi connectivity index (χ4v) is 1.39. The Morgan fingerprint density at radius 3 is 2.76 bits per heavy atom. The van der Waals surface area contributed by atoms with Gasteiger partial charge < -0.3 is 19.9 Å². The summed E-state index contributed by atoms with van der Waals surface area (Å²) in [5.74, 6) is 0.351. The molecule has 0 saturated heterocycles. The van der Waals surface area contributed by atoms with Crippen LogP contribution in [0.25, 0.3) is 0 Å². The number of benzene rings is 1. The Hall–Kier alpha value is -2.77. The second-order valence-electron chi connectivity index (χ2n) is 3.74. The molecule has 0 aromatic heterocycles. The van der Waals surface area contributed by atoms with Gasteiger partial charge in [-0.05, 0) is 30.7 Å². The number of hydrazone groups is 1. The first-order valence-electron chi connectivity index (χ1n) is 6.11. The Morgan fingerprint density at radius 1 is 1.38 bits per heavy atom. The summed E-state index contributed by atoms with van der Waals surface area (Å²) >= 11 is 0. The molecule has 0 fully saturated rings. The van der Waals surface area contributed by atoms with Crippen molar-refractivity contribution < 1.29 is 23.8 Å². The normalized spacial score (nSPS) is 10.2. The van der Waals surface area contributed by atoms with Gasteiger partial charge in [0.25, 0.3) is 0 Å². The van der Waals surface area contributed by atoms with Gasteiger partial charge in [0.2, 0.25) is 0 Å². The van der Waals surface area contributed by atoms with E-state index < -0.39 is 12.0 Å². The molecule has 0 radical (unpaired) electrons. The van der Waals surface area contributed by atoms with Gasteiger partial charge in [0.05, 0.1) is 19.9 Å². The Bertz CT molecular complexity index is 531. The molecule has 0 saturated carbocycles. The second kappa shape index (κ2) is 8.41. The number of methoxy groups -OCH3 is 1. The summed E-state index contributed by atoms with van der Waals surface area (Å²) in [6, 6.07) is 4.17. The third-order valence-electron chi connectivity index (χ3n) is 2.23. The topological polar surface area (TPSA) is 112 Å². The van der Waals surface area contributed by atoms with E-state index in [1.165, 1.54) is 13.3 Å². The number of carbonyl (C=O) groups is 2. The van der Waals surface area contributed by atoms with Crippen LogP contribution >= 0.6 is 0 Å². The van der Waals surface area contributed by atoms with Crippen LogP contribution in [0.1, 0.15) is 12.5 Å². The number of nitrogens with zero attached hydrogens (tertiary/aromatic N) is 1. The Kier molecular flexibility index (Phi) is 6.52. The van der Waals surface area contributed by atoms with Crippen molar-refractivity contribution in [2.24, 2.45) is 10.8 Å². The van der Waals surface area contributed by atoms with Crippen molar-refractivity contribution in [3.63, 3.8) is 0 Å². The van der Waals surface area contributed by atoms with E-state index in [1.807, 2.05) is 0 Å². The number of carbonyl (C=O) groups excluding carboxylic acids is 2. The smallest absolute Gasteiger partial charge is 0.344 e. The van der Waals surface area contributed by atoms with Crippen LogP contribution in [0.2, 0.25) is 0 Å². The van der Waals surface area contributed by atoms with Crippen LogP contribution in [-0.2, 0) is 9.53 Å². The number of primary amides is 1. The fourth-order valence-electron chi connectivity index (χ4n) is 1.39. The first-order valence-corrected chi connectivity index (χ1v) is 6.11. The highest BCUT2D eigenvalue weighted by Gasteiger charge is 2.08. The number of ether oxygens (including phenoxy) is 3. The first kappa shape index (κ1) is 16.3. The van der Waals surface area contributed by atoms with Crippen LogP contribution in [0.4, 0.5) is 4.79 Å². The molecule has 0 spiro atoms. The van der Waals surface area contributed by atoms with Crippen molar-refractivity contribution in [1.29, 1.82) is 0 Å². The predicted octanol–water partition coefficient (Wildman–Crippen LogP) is 0.639. The van der Waals surface area contributed by atoms with Crippen LogP contribution < -0.4 is 20.6 Å². The number of esters is 1. The lowest BCUT2D eigenvalue weighted by Gasteiger charge is -2.10. The predicted molar refractivity (Wildman–Crippen MR) is 75.4 cm³/mol. The summed E-state index contributed by atoms with van der Waals surface area (Å²) in [4.78, 5) is 21.7. The molecule has 1 aromatic carbocycles. The zero-order valence-corrected chi connectivity index (χ0v) is 11.8. The van der Waals surface area contributed by atoms with Crippen LogP contribution in [0.3, 0.4) is 0 Å². The average Bonchev–Trinajstić information content (AvgIpc) is 2.45. The standard InChI is InChI=1S/C13H17N3O5/c1-3-20-12(17)8-21-10-5-4-9(6-11(10)19-2)7-15-16-13(14)18/h4-7H,3,8H2,1-2H3,(H3,14,16,18). The minimum Gasteiger partial charge on any atom is -0.493 e. The van der Waals surface area contributed by atoms with E-state index in [0.29, 0.717) is 23.7 Å². The van der Waals surface area contributed by atoms with Crippen molar-refractivity contribution in [3.8, 4) is 11.5 Å². The van der Waals surface area contributed by atoms with Gasteiger partial charge in [0, 0.05) is 0 Å². The van der Waals surface area contributed by atoms with Gasteiger partial charge >= 0.3 is 12.0 Å². The zero-order valence-electron chi connectivity index (χ0n) is 11.8. The lowest BCUT2D eigenvalue weighted by molar-refractivity contribution is -0.145. The number of urea groups is 1. The van der Waals surface area contributed by atoms with Crippen molar-refractivity contribution in [2.45, 2.75) is 6.92 Å². The number of hydrogen-bond donors (Lipinski definition) is 2. The molecule has 21 heavy (non-hydrogen) atoms. The summed E-state index contributed by atoms with van der Waals surface area (Å²) in [5.41, 5.74) is 7.61. The number of hydrogen-bond acceptors (Lipinski definition) is 6. The SMILES string of the molecule is CCOC(=O)COc1ccc(C=NNC(N)=O)cc1OC. The maximum atomic E-state index is 11.2. The third-order valence-corrected chi connectivity index (χ3v) is 2.23. The van der Waals surface area contributed by atoms with Crippen molar-refractivity contribution in [1.82, 2.24) is 5.43 Å². The Morgan fingerprint density at radius 2 is 2.14 bits per heavy atom. The second-order valence-corrected chi connectivity index (χ2v) is 3.74. The highest BCUT2D eigenvalue weighted by atomic mass is 16.6. The van der Waals surface area contributed by atoms with E-state index in [1.54, 1.807) is 25.1 Å². The van der Waals surface area contributed by atoms with Gasteiger partial charge in [0.1, 0.15) is 0 Å². The van der Waals surface area contributed by atoms with Crippen molar-refractivity contribution in [2.75, 3.05) is 20.3 Å². The van der Waals surface area contributed by atoms with E-state index in [2.05, 4.69) is 10.5 Å². The lowest BCUT2D eigenvalue weighted by atomic mass is 10.2. The molecule has 0 aliphatic heterocycles. The summed E-state index contributed by atoms with van der Waals surface area (Å²) < 4.78 is 15.2. The molecule has 1 rings (SSSR count). The molecule has 0 aliphatic rings. The van der Waals surface area contributed by atoms with Crippen molar-refractivity contribution >= 4 is 18.2 Å². The van der Waals surface area contributed by atoms with Crippen LogP contribution in [0.15, 0.2) is 23.3 Å². The quantitative estimate of drug-likeness (QED) is 0.435. The van der Waals surface area contributed by atoms with E-state index in [4.69, 9.17) is 19.9 Å². The monoisotopic (exact) mass is 295 g/mol. The zero-order chi connectivity index (χ0) is 15.7. The van der Waals surface area contributed by atoms with Crippen molar-refractivity contribution in [3.05, 3.63) is 23.8 Å². The average molecular weight is 295 g/mol. The molecule has 2 amide bonds. The number of amides is 2. The Balaban J connectivity index is 2.72. The van der Waals surface area contributed by atoms with Gasteiger partial charge in [-0.15, -0.1) is 0 Å². The van der Waals surface area contributed by atoms with E-state index in [9.17, 15) is 9.59 Å². The van der Waals surface area contributed by atoms with E-state index >= 15 is 0 Å². The molecular weight excluding hydrogens is 278 g/mol. The van der Waals surface area contributed by atoms with Crippen LogP contribution in [0, 0.1) is 0 Å². The molecule has 0 heterocycles. The molecule has 0 bridgehead atoms. The van der Waals surface area contributed by atoms with E-state index in [0.717, 1.165) is 0 Å².